The molecule has 9 nitrogen and oxygen atoms in total. The highest BCUT2D eigenvalue weighted by atomic mass is 16.5. The van der Waals surface area contributed by atoms with Gasteiger partial charge in [-0.15, -0.1) is 0 Å². The van der Waals surface area contributed by atoms with Gasteiger partial charge in [0.1, 0.15) is 22.7 Å². The standard InChI is InChI=1S/C21H20N2O5.C5H8N2/c1-4-26-21(25)19-13(3)27-17-6-5-15(9-16(17)19)28-18(7-8-22)20-12(2)14(11-24)10-23-20;1-7-3-5(2-6)4-7/h5-11,22-23H,4H2,1-3H3;5H,3-4H2,1H3/b18-7+,22-8?;. The number of fused-ring (bicyclic) bond motifs is 1. The largest absolute Gasteiger partial charge is 0.462 e. The van der Waals surface area contributed by atoms with Crippen LogP contribution >= 0.6 is 0 Å². The molecule has 2 aromatic heterocycles. The third-order valence-electron chi connectivity index (χ3n) is 5.58. The van der Waals surface area contributed by atoms with Crippen LogP contribution in [0.3, 0.4) is 0 Å². The minimum Gasteiger partial charge on any atom is -0.462 e. The number of carbonyl (C=O) groups is 2. The smallest absolute Gasteiger partial charge is 0.342 e. The number of nitriles is 1. The number of H-pyrrole nitrogens is 1. The number of hydrogen-bond acceptors (Lipinski definition) is 8. The third-order valence-corrected chi connectivity index (χ3v) is 5.58. The van der Waals surface area contributed by atoms with Gasteiger partial charge in [0.25, 0.3) is 0 Å². The Morgan fingerprint density at radius 2 is 2.11 bits per heavy atom. The highest BCUT2D eigenvalue weighted by Crippen LogP contribution is 2.32. The van der Waals surface area contributed by atoms with Crippen LogP contribution in [0.25, 0.3) is 16.7 Å². The Bertz CT molecular complexity index is 1310. The monoisotopic (exact) mass is 476 g/mol. The molecule has 0 spiro atoms. The Balaban J connectivity index is 0.000000420. The molecule has 1 fully saturated rings. The summed E-state index contributed by atoms with van der Waals surface area (Å²) < 4.78 is 16.7. The molecule has 1 aromatic carbocycles. The number of aryl methyl sites for hydroxylation is 1. The van der Waals surface area contributed by atoms with E-state index in [1.807, 2.05) is 7.05 Å². The number of ether oxygens (including phenoxy) is 2. The average molecular weight is 477 g/mol. The van der Waals surface area contributed by atoms with Crippen molar-refractivity contribution >= 4 is 35.2 Å². The van der Waals surface area contributed by atoms with Crippen LogP contribution in [0.5, 0.6) is 5.75 Å². The summed E-state index contributed by atoms with van der Waals surface area (Å²) >= 11 is 0. The molecule has 2 N–H and O–H groups in total. The molecule has 182 valence electrons. The number of esters is 1. The van der Waals surface area contributed by atoms with E-state index in [9.17, 15) is 9.59 Å². The molecule has 4 rings (SSSR count). The van der Waals surface area contributed by atoms with Gasteiger partial charge in [0, 0.05) is 42.5 Å². The molecule has 1 aliphatic heterocycles. The number of furan rings is 1. The first-order valence-electron chi connectivity index (χ1n) is 11.1. The van der Waals surface area contributed by atoms with E-state index in [1.165, 1.54) is 6.08 Å². The lowest BCUT2D eigenvalue weighted by atomic mass is 10.0. The summed E-state index contributed by atoms with van der Waals surface area (Å²) in [4.78, 5) is 28.5. The molecule has 0 amide bonds. The van der Waals surface area contributed by atoms with E-state index >= 15 is 0 Å². The number of nitrogens with one attached hydrogen (secondary N) is 2. The molecular formula is C26H28N4O5. The van der Waals surface area contributed by atoms with Crippen LogP contribution < -0.4 is 4.74 Å². The van der Waals surface area contributed by atoms with Crippen molar-refractivity contribution in [3.63, 3.8) is 0 Å². The second-order valence-electron chi connectivity index (χ2n) is 8.12. The summed E-state index contributed by atoms with van der Waals surface area (Å²) in [5.41, 5.74) is 2.74. The molecule has 9 heteroatoms. The second kappa shape index (κ2) is 11.3. The third kappa shape index (κ3) is 5.67. The van der Waals surface area contributed by atoms with Crippen LogP contribution in [0.1, 0.15) is 44.7 Å². The topological polar surface area (TPSA) is 132 Å². The summed E-state index contributed by atoms with van der Waals surface area (Å²) in [6.07, 6.45) is 4.91. The van der Waals surface area contributed by atoms with Gasteiger partial charge < -0.3 is 29.2 Å². The average Bonchev–Trinajstić information content (AvgIpc) is 3.35. The van der Waals surface area contributed by atoms with Crippen molar-refractivity contribution in [3.8, 4) is 11.8 Å². The van der Waals surface area contributed by atoms with Gasteiger partial charge in [-0.05, 0) is 51.6 Å². The lowest BCUT2D eigenvalue weighted by Gasteiger charge is -2.30. The second-order valence-corrected chi connectivity index (χ2v) is 8.12. The zero-order chi connectivity index (χ0) is 25.5. The van der Waals surface area contributed by atoms with E-state index in [4.69, 9.17) is 24.6 Å². The molecule has 0 aliphatic carbocycles. The van der Waals surface area contributed by atoms with Gasteiger partial charge in [-0.2, -0.15) is 5.26 Å². The normalized spacial score (nSPS) is 13.9. The summed E-state index contributed by atoms with van der Waals surface area (Å²) in [5, 5.41) is 16.2. The minimum absolute atomic E-state index is 0.262. The Morgan fingerprint density at radius 1 is 1.37 bits per heavy atom. The number of allylic oxidation sites excluding steroid dienone is 1. The van der Waals surface area contributed by atoms with Gasteiger partial charge in [0.15, 0.2) is 12.0 Å². The number of aldehydes is 1. The lowest BCUT2D eigenvalue weighted by molar-refractivity contribution is 0.0526. The van der Waals surface area contributed by atoms with Gasteiger partial charge in [0.2, 0.25) is 0 Å². The maximum atomic E-state index is 12.3. The van der Waals surface area contributed by atoms with Crippen molar-refractivity contribution in [3.05, 3.63) is 58.6 Å². The molecule has 0 unspecified atom stereocenters. The van der Waals surface area contributed by atoms with Crippen LogP contribution in [-0.4, -0.2) is 55.1 Å². The molecule has 3 heterocycles. The maximum Gasteiger partial charge on any atom is 0.342 e. The number of benzene rings is 1. The predicted molar refractivity (Wildman–Crippen MR) is 132 cm³/mol. The molecule has 35 heavy (non-hydrogen) atoms. The van der Waals surface area contributed by atoms with Crippen LogP contribution in [0.4, 0.5) is 0 Å². The Morgan fingerprint density at radius 3 is 2.66 bits per heavy atom. The van der Waals surface area contributed by atoms with Crippen molar-refractivity contribution in [2.45, 2.75) is 20.8 Å². The number of carbonyl (C=O) groups excluding carboxylic acids is 2. The summed E-state index contributed by atoms with van der Waals surface area (Å²) in [5.74, 6) is 1.16. The van der Waals surface area contributed by atoms with Crippen molar-refractivity contribution in [1.82, 2.24) is 9.88 Å². The summed E-state index contributed by atoms with van der Waals surface area (Å²) in [6.45, 7) is 7.44. The van der Waals surface area contributed by atoms with E-state index in [0.29, 0.717) is 51.0 Å². The molecule has 0 saturated carbocycles. The summed E-state index contributed by atoms with van der Waals surface area (Å²) in [7, 11) is 2.02. The molecule has 0 radical (unpaired) electrons. The van der Waals surface area contributed by atoms with Crippen LogP contribution in [0.2, 0.25) is 0 Å². The first kappa shape index (κ1) is 25.5. The molecule has 1 aliphatic rings. The van der Waals surface area contributed by atoms with Crippen molar-refractivity contribution in [2.24, 2.45) is 5.92 Å². The summed E-state index contributed by atoms with van der Waals surface area (Å²) in [6, 6.07) is 7.29. The Hall–Kier alpha value is -4.16. The van der Waals surface area contributed by atoms with Gasteiger partial charge in [-0.25, -0.2) is 4.79 Å². The highest BCUT2D eigenvalue weighted by Gasteiger charge is 2.22. The number of likely N-dealkylation sites (tertiary alicyclic amines) is 1. The Kier molecular flexibility index (Phi) is 8.23. The Labute approximate surface area is 203 Å². The van der Waals surface area contributed by atoms with Crippen LogP contribution in [0.15, 0.2) is 34.9 Å². The zero-order valence-corrected chi connectivity index (χ0v) is 20.2. The molecule has 3 aromatic rings. The van der Waals surface area contributed by atoms with Gasteiger partial charge in [-0.1, -0.05) is 0 Å². The number of nitrogens with zero attached hydrogens (tertiary/aromatic N) is 2. The van der Waals surface area contributed by atoms with Crippen LogP contribution in [0, 0.1) is 36.5 Å². The minimum atomic E-state index is -0.456. The molecule has 0 bridgehead atoms. The quantitative estimate of drug-likeness (QED) is 0.222. The fraction of sp³-hybridized carbons (Fsp3) is 0.308. The van der Waals surface area contributed by atoms with Crippen molar-refractivity contribution in [2.75, 3.05) is 26.7 Å². The first-order valence-corrected chi connectivity index (χ1v) is 11.1. The van der Waals surface area contributed by atoms with Gasteiger partial charge in [0.05, 0.1) is 24.3 Å². The number of hydrogen-bond donors (Lipinski definition) is 2. The predicted octanol–water partition coefficient (Wildman–Crippen LogP) is 4.51. The van der Waals surface area contributed by atoms with Crippen molar-refractivity contribution in [1.29, 1.82) is 10.7 Å². The first-order chi connectivity index (χ1) is 16.8. The fourth-order valence-electron chi connectivity index (χ4n) is 3.76. The molecular weight excluding hydrogens is 448 g/mol. The fourth-order valence-corrected chi connectivity index (χ4v) is 3.76. The molecule has 1 saturated heterocycles. The van der Waals surface area contributed by atoms with Crippen molar-refractivity contribution < 1.29 is 23.5 Å². The highest BCUT2D eigenvalue weighted by molar-refractivity contribution is 6.05. The number of aromatic nitrogens is 1. The maximum absolute atomic E-state index is 12.3. The van der Waals surface area contributed by atoms with Crippen LogP contribution in [-0.2, 0) is 4.74 Å². The lowest BCUT2D eigenvalue weighted by Crippen LogP contribution is -2.42. The molecule has 0 atom stereocenters. The SMILES string of the molecule is CCOC(=O)c1c(C)oc2ccc(O/C(=C/C=N)c3[nH]cc(C=O)c3C)cc12.CN1CC(C#N)C1. The van der Waals surface area contributed by atoms with E-state index < -0.39 is 5.97 Å². The number of aromatic amines is 1. The zero-order valence-electron chi connectivity index (χ0n) is 20.2. The van der Waals surface area contributed by atoms with Gasteiger partial charge in [-0.3, -0.25) is 4.79 Å². The van der Waals surface area contributed by atoms with E-state index in [0.717, 1.165) is 31.2 Å². The van der Waals surface area contributed by atoms with E-state index in [1.54, 1.807) is 45.2 Å². The number of rotatable bonds is 7. The van der Waals surface area contributed by atoms with Gasteiger partial charge >= 0.3 is 5.97 Å². The van der Waals surface area contributed by atoms with E-state index in [2.05, 4.69) is 16.0 Å². The van der Waals surface area contributed by atoms with E-state index in [-0.39, 0.29) is 6.61 Å².